The number of Topliss-reactive ketones (excluding diaryl/α,β-unsaturated/α-hetero) is 1. The predicted molar refractivity (Wildman–Crippen MR) is 72.1 cm³/mol. The molecular formula is C15H12N2O. The second-order valence-electron chi connectivity index (χ2n) is 4.14. The molecule has 0 fully saturated rings. The van der Waals surface area contributed by atoms with E-state index in [0.29, 0.717) is 11.1 Å². The van der Waals surface area contributed by atoms with Crippen LogP contribution in [0.3, 0.4) is 0 Å². The highest BCUT2D eigenvalue weighted by Gasteiger charge is 2.30. The molecule has 1 N–H and O–H groups in total. The van der Waals surface area contributed by atoms with Crippen molar-refractivity contribution in [1.82, 2.24) is 10.2 Å². The zero-order valence-electron chi connectivity index (χ0n) is 10.0. The second-order valence-corrected chi connectivity index (χ2v) is 4.14. The van der Waals surface area contributed by atoms with Gasteiger partial charge in [0.05, 0.1) is 5.69 Å². The van der Waals surface area contributed by atoms with E-state index in [1.807, 2.05) is 37.3 Å². The van der Waals surface area contributed by atoms with Crippen molar-refractivity contribution in [1.29, 1.82) is 0 Å². The molecule has 0 bridgehead atoms. The van der Waals surface area contributed by atoms with E-state index in [1.165, 1.54) is 0 Å². The molecule has 3 rings (SSSR count). The van der Waals surface area contributed by atoms with Crippen LogP contribution in [0.25, 0.3) is 22.9 Å². The number of ketones is 1. The Morgan fingerprint density at radius 3 is 2.67 bits per heavy atom. The number of hydrogen-bond donors (Lipinski definition) is 1. The molecule has 0 saturated carbocycles. The van der Waals surface area contributed by atoms with Crippen LogP contribution in [0, 0.1) is 0 Å². The fraction of sp³-hybridized carbons (Fsp3) is 0.0667. The highest BCUT2D eigenvalue weighted by molar-refractivity contribution is 6.34. The van der Waals surface area contributed by atoms with Crippen LogP contribution in [-0.4, -0.2) is 16.0 Å². The molecule has 3 nitrogen and oxygen atoms in total. The number of hydrogen-bond acceptors (Lipinski definition) is 2. The summed E-state index contributed by atoms with van der Waals surface area (Å²) in [7, 11) is 0. The third kappa shape index (κ3) is 1.24. The van der Waals surface area contributed by atoms with Gasteiger partial charge in [-0.2, -0.15) is 5.10 Å². The maximum absolute atomic E-state index is 12.4. The van der Waals surface area contributed by atoms with E-state index < -0.39 is 0 Å². The van der Waals surface area contributed by atoms with Crippen LogP contribution >= 0.6 is 0 Å². The zero-order chi connectivity index (χ0) is 12.7. The number of nitrogens with zero attached hydrogens (tertiary/aromatic N) is 1. The smallest absolute Gasteiger partial charge is 0.194 e. The molecule has 0 aliphatic heterocycles. The maximum atomic E-state index is 12.4. The van der Waals surface area contributed by atoms with Gasteiger partial charge in [-0.05, 0) is 13.0 Å². The maximum Gasteiger partial charge on any atom is 0.194 e. The number of benzene rings is 1. The minimum atomic E-state index is 0.0464. The molecule has 1 aliphatic carbocycles. The quantitative estimate of drug-likeness (QED) is 0.772. The predicted octanol–water partition coefficient (Wildman–Crippen LogP) is 3.32. The van der Waals surface area contributed by atoms with Crippen LogP contribution in [0.15, 0.2) is 36.9 Å². The number of allylic oxidation sites excluding steroid dienone is 2. The normalized spacial score (nSPS) is 15.4. The number of carbonyl (C=O) groups is 1. The summed E-state index contributed by atoms with van der Waals surface area (Å²) >= 11 is 0. The van der Waals surface area contributed by atoms with Crippen molar-refractivity contribution in [3.8, 4) is 11.3 Å². The molecule has 0 saturated heterocycles. The molecule has 0 amide bonds. The van der Waals surface area contributed by atoms with E-state index in [0.717, 1.165) is 22.5 Å². The van der Waals surface area contributed by atoms with Crippen molar-refractivity contribution >= 4 is 17.4 Å². The molecule has 88 valence electrons. The number of rotatable bonds is 1. The Balaban J connectivity index is 2.42. The van der Waals surface area contributed by atoms with E-state index in [2.05, 4.69) is 16.8 Å². The number of H-pyrrole nitrogens is 1. The van der Waals surface area contributed by atoms with Crippen LogP contribution < -0.4 is 0 Å². The molecule has 0 radical (unpaired) electrons. The SMILES string of the molecule is C=Cc1[nH]nc2c1/C(=C\C)C(=O)c1ccccc1-2. The van der Waals surface area contributed by atoms with Crippen molar-refractivity contribution in [2.24, 2.45) is 0 Å². The summed E-state index contributed by atoms with van der Waals surface area (Å²) in [5, 5.41) is 7.24. The fourth-order valence-corrected chi connectivity index (χ4v) is 2.39. The van der Waals surface area contributed by atoms with E-state index >= 15 is 0 Å². The molecular weight excluding hydrogens is 224 g/mol. The average molecular weight is 236 g/mol. The Hall–Kier alpha value is -2.42. The Morgan fingerprint density at radius 2 is 2.00 bits per heavy atom. The van der Waals surface area contributed by atoms with Gasteiger partial charge >= 0.3 is 0 Å². The second kappa shape index (κ2) is 3.81. The van der Waals surface area contributed by atoms with Gasteiger partial charge in [0.1, 0.15) is 5.69 Å². The summed E-state index contributed by atoms with van der Waals surface area (Å²) in [5.74, 6) is 0.0464. The topological polar surface area (TPSA) is 45.8 Å². The van der Waals surface area contributed by atoms with Gasteiger partial charge in [-0.3, -0.25) is 9.89 Å². The lowest BCUT2D eigenvalue weighted by Crippen LogP contribution is -2.11. The van der Waals surface area contributed by atoms with Crippen molar-refractivity contribution in [3.63, 3.8) is 0 Å². The van der Waals surface area contributed by atoms with Crippen LogP contribution in [-0.2, 0) is 0 Å². The highest BCUT2D eigenvalue weighted by atomic mass is 16.1. The molecule has 1 aliphatic rings. The lowest BCUT2D eigenvalue weighted by atomic mass is 9.84. The number of nitrogens with one attached hydrogen (secondary N) is 1. The van der Waals surface area contributed by atoms with Crippen LogP contribution in [0.4, 0.5) is 0 Å². The van der Waals surface area contributed by atoms with Crippen molar-refractivity contribution in [2.75, 3.05) is 0 Å². The Labute approximate surface area is 105 Å². The number of carbonyl (C=O) groups excluding carboxylic acids is 1. The third-order valence-electron chi connectivity index (χ3n) is 3.23. The van der Waals surface area contributed by atoms with Crippen molar-refractivity contribution in [3.05, 3.63) is 53.7 Å². The van der Waals surface area contributed by atoms with Gasteiger partial charge in [0.15, 0.2) is 5.78 Å². The van der Waals surface area contributed by atoms with Crippen LogP contribution in [0.1, 0.15) is 28.5 Å². The van der Waals surface area contributed by atoms with Gasteiger partial charge in [-0.1, -0.05) is 36.9 Å². The van der Waals surface area contributed by atoms with Gasteiger partial charge in [0.25, 0.3) is 0 Å². The van der Waals surface area contributed by atoms with Crippen LogP contribution in [0.2, 0.25) is 0 Å². The summed E-state index contributed by atoms with van der Waals surface area (Å²) in [6, 6.07) is 7.55. The van der Waals surface area contributed by atoms with E-state index in [1.54, 1.807) is 6.08 Å². The zero-order valence-corrected chi connectivity index (χ0v) is 10.0. The van der Waals surface area contributed by atoms with Gasteiger partial charge in [0, 0.05) is 22.3 Å². The van der Waals surface area contributed by atoms with Crippen molar-refractivity contribution < 1.29 is 4.79 Å². The summed E-state index contributed by atoms with van der Waals surface area (Å²) in [6.07, 6.45) is 3.52. The summed E-state index contributed by atoms with van der Waals surface area (Å²) in [5.41, 5.74) is 4.75. The molecule has 3 heteroatoms. The first kappa shape index (κ1) is 10.7. The highest BCUT2D eigenvalue weighted by Crippen LogP contribution is 2.39. The average Bonchev–Trinajstić information content (AvgIpc) is 2.83. The fourth-order valence-electron chi connectivity index (χ4n) is 2.39. The first-order chi connectivity index (χ1) is 8.77. The lowest BCUT2D eigenvalue weighted by Gasteiger charge is -2.17. The first-order valence-corrected chi connectivity index (χ1v) is 5.79. The van der Waals surface area contributed by atoms with Crippen molar-refractivity contribution in [2.45, 2.75) is 6.92 Å². The molecule has 18 heavy (non-hydrogen) atoms. The Kier molecular flexibility index (Phi) is 2.27. The minimum absolute atomic E-state index is 0.0464. The third-order valence-corrected chi connectivity index (χ3v) is 3.23. The van der Waals surface area contributed by atoms with E-state index in [4.69, 9.17) is 0 Å². The number of fused-ring (bicyclic) bond motifs is 3. The number of aromatic nitrogens is 2. The molecule has 2 aromatic rings. The first-order valence-electron chi connectivity index (χ1n) is 5.79. The molecule has 0 spiro atoms. The minimum Gasteiger partial charge on any atom is -0.289 e. The molecule has 1 heterocycles. The summed E-state index contributed by atoms with van der Waals surface area (Å²) < 4.78 is 0. The lowest BCUT2D eigenvalue weighted by molar-refractivity contribution is 0.105. The van der Waals surface area contributed by atoms with E-state index in [-0.39, 0.29) is 5.78 Å². The summed E-state index contributed by atoms with van der Waals surface area (Å²) in [4.78, 5) is 12.4. The Morgan fingerprint density at radius 1 is 1.28 bits per heavy atom. The summed E-state index contributed by atoms with van der Waals surface area (Å²) in [6.45, 7) is 5.62. The monoisotopic (exact) mass is 236 g/mol. The molecule has 0 atom stereocenters. The van der Waals surface area contributed by atoms with Gasteiger partial charge in [-0.25, -0.2) is 0 Å². The van der Waals surface area contributed by atoms with Gasteiger partial charge in [-0.15, -0.1) is 0 Å². The number of aromatic amines is 1. The van der Waals surface area contributed by atoms with Gasteiger partial charge in [0.2, 0.25) is 0 Å². The Bertz CT molecular complexity index is 692. The standard InChI is InChI=1S/C15H12N2O/c1-3-9-13-12(4-2)16-17-14(13)10-7-5-6-8-11(10)15(9)18/h3-8H,2H2,1H3,(H,16,17)/b9-3+. The van der Waals surface area contributed by atoms with Crippen LogP contribution in [0.5, 0.6) is 0 Å². The van der Waals surface area contributed by atoms with Gasteiger partial charge < -0.3 is 0 Å². The molecule has 0 unspecified atom stereocenters. The van der Waals surface area contributed by atoms with E-state index in [9.17, 15) is 4.79 Å². The molecule has 1 aromatic carbocycles. The largest absolute Gasteiger partial charge is 0.289 e. The molecule has 1 aromatic heterocycles.